The van der Waals surface area contributed by atoms with Gasteiger partial charge in [-0.25, -0.2) is 4.99 Å². The highest BCUT2D eigenvalue weighted by Crippen LogP contribution is 2.37. The standard InChI is InChI=1S/C21H20N6O4.ClH/c1-25-11-15(8-13-4-2-6-16(9-13)26(28)29)20-18(12-25)19(23-21(22)24-20)14-5-3-7-17(10-14)27(30)31;/h2-10,19H,11-12H2,1H3,(H3,22,23,24);1H/b15-8+;. The summed E-state index contributed by atoms with van der Waals surface area (Å²) < 4.78 is 0. The van der Waals surface area contributed by atoms with Gasteiger partial charge in [-0.1, -0.05) is 24.3 Å². The molecule has 1 atom stereocenters. The summed E-state index contributed by atoms with van der Waals surface area (Å²) >= 11 is 0. The Balaban J connectivity index is 0.00000289. The molecule has 32 heavy (non-hydrogen) atoms. The second kappa shape index (κ2) is 9.16. The van der Waals surface area contributed by atoms with Crippen LogP contribution in [0.15, 0.2) is 70.4 Å². The molecule has 0 spiro atoms. The second-order valence-corrected chi connectivity index (χ2v) is 7.49. The minimum absolute atomic E-state index is 0. The van der Waals surface area contributed by atoms with Crippen molar-refractivity contribution in [2.75, 3.05) is 20.1 Å². The van der Waals surface area contributed by atoms with Crippen molar-refractivity contribution in [2.45, 2.75) is 6.04 Å². The number of guanidine groups is 1. The lowest BCUT2D eigenvalue weighted by atomic mass is 9.89. The van der Waals surface area contributed by atoms with Gasteiger partial charge in [-0.2, -0.15) is 0 Å². The van der Waals surface area contributed by atoms with Crippen LogP contribution in [0.1, 0.15) is 17.2 Å². The number of non-ortho nitro benzene ring substituents is 2. The molecule has 0 bridgehead atoms. The number of halogens is 1. The van der Waals surface area contributed by atoms with Crippen molar-refractivity contribution in [3.8, 4) is 0 Å². The maximum atomic E-state index is 11.2. The van der Waals surface area contributed by atoms with Crippen LogP contribution >= 0.6 is 12.4 Å². The normalized spacial score (nSPS) is 19.5. The molecule has 4 rings (SSSR count). The van der Waals surface area contributed by atoms with Crippen LogP contribution in [0.25, 0.3) is 6.08 Å². The molecule has 2 aromatic carbocycles. The lowest BCUT2D eigenvalue weighted by Gasteiger charge is -2.36. The van der Waals surface area contributed by atoms with Crippen molar-refractivity contribution >= 4 is 35.8 Å². The van der Waals surface area contributed by atoms with E-state index >= 15 is 0 Å². The largest absolute Gasteiger partial charge is 0.370 e. The van der Waals surface area contributed by atoms with E-state index in [1.165, 1.54) is 24.3 Å². The summed E-state index contributed by atoms with van der Waals surface area (Å²) in [5.41, 5.74) is 10.1. The highest BCUT2D eigenvalue weighted by molar-refractivity contribution is 5.85. The van der Waals surface area contributed by atoms with E-state index in [9.17, 15) is 20.2 Å². The third kappa shape index (κ3) is 4.61. The summed E-state index contributed by atoms with van der Waals surface area (Å²) in [5.74, 6) is 0.213. The molecular weight excluding hydrogens is 436 g/mol. The van der Waals surface area contributed by atoms with Crippen molar-refractivity contribution in [1.29, 1.82) is 0 Å². The molecule has 2 heterocycles. The molecule has 11 heteroatoms. The van der Waals surface area contributed by atoms with Crippen molar-refractivity contribution < 1.29 is 9.85 Å². The molecule has 0 aliphatic carbocycles. The number of hydrogen-bond donors (Lipinski definition) is 2. The van der Waals surface area contributed by atoms with Gasteiger partial charge in [0.05, 0.1) is 9.85 Å². The van der Waals surface area contributed by atoms with E-state index in [-0.39, 0.29) is 29.7 Å². The Morgan fingerprint density at radius 2 is 1.75 bits per heavy atom. The zero-order valence-electron chi connectivity index (χ0n) is 17.1. The molecule has 0 radical (unpaired) electrons. The summed E-state index contributed by atoms with van der Waals surface area (Å²) in [7, 11) is 1.96. The second-order valence-electron chi connectivity index (χ2n) is 7.49. The average molecular weight is 457 g/mol. The van der Waals surface area contributed by atoms with Crippen LogP contribution in [0, 0.1) is 20.2 Å². The van der Waals surface area contributed by atoms with Crippen molar-refractivity contribution in [1.82, 2.24) is 10.2 Å². The van der Waals surface area contributed by atoms with Crippen molar-refractivity contribution in [3.63, 3.8) is 0 Å². The Morgan fingerprint density at radius 3 is 2.44 bits per heavy atom. The van der Waals surface area contributed by atoms with Gasteiger partial charge in [0.2, 0.25) is 0 Å². The molecule has 3 N–H and O–H groups in total. The number of nitrogens with two attached hydrogens (primary N) is 1. The average Bonchev–Trinajstić information content (AvgIpc) is 2.74. The SMILES string of the molecule is CN1CC2=C(NC(N)=NC2c2cccc([N+](=O)[O-])c2)/C(=C/c2cccc([N+](=O)[O-])c2)C1.Cl. The van der Waals surface area contributed by atoms with E-state index in [4.69, 9.17) is 5.73 Å². The van der Waals surface area contributed by atoms with Crippen LogP contribution in [0.5, 0.6) is 0 Å². The molecule has 2 aromatic rings. The predicted molar refractivity (Wildman–Crippen MR) is 123 cm³/mol. The molecule has 0 fully saturated rings. The van der Waals surface area contributed by atoms with Crippen molar-refractivity contribution in [3.05, 3.63) is 96.7 Å². The van der Waals surface area contributed by atoms with Crippen LogP contribution in [0.2, 0.25) is 0 Å². The van der Waals surface area contributed by atoms with E-state index in [2.05, 4.69) is 15.2 Å². The molecule has 166 valence electrons. The molecule has 2 aliphatic rings. The zero-order valence-corrected chi connectivity index (χ0v) is 17.9. The van der Waals surface area contributed by atoms with Gasteiger partial charge in [-0.3, -0.25) is 25.1 Å². The van der Waals surface area contributed by atoms with E-state index in [0.717, 1.165) is 16.8 Å². The van der Waals surface area contributed by atoms with Gasteiger partial charge < -0.3 is 11.1 Å². The fourth-order valence-electron chi connectivity index (χ4n) is 3.89. The number of nitrogens with one attached hydrogen (secondary N) is 1. The van der Waals surface area contributed by atoms with Crippen LogP contribution in [0.3, 0.4) is 0 Å². The van der Waals surface area contributed by atoms with Gasteiger partial charge in [0.15, 0.2) is 5.96 Å². The number of aliphatic imine (C=N–C) groups is 1. The van der Waals surface area contributed by atoms with Gasteiger partial charge in [-0.15, -0.1) is 12.4 Å². The Hall–Kier alpha value is -3.76. The fourth-order valence-corrected chi connectivity index (χ4v) is 3.89. The Bertz CT molecular complexity index is 1180. The van der Waals surface area contributed by atoms with E-state index in [0.29, 0.717) is 24.2 Å². The summed E-state index contributed by atoms with van der Waals surface area (Å²) in [6.07, 6.45) is 1.88. The third-order valence-corrected chi connectivity index (χ3v) is 5.19. The highest BCUT2D eigenvalue weighted by Gasteiger charge is 2.31. The van der Waals surface area contributed by atoms with Crippen LogP contribution < -0.4 is 11.1 Å². The van der Waals surface area contributed by atoms with Gasteiger partial charge >= 0.3 is 0 Å². The van der Waals surface area contributed by atoms with Crippen LogP contribution in [-0.2, 0) is 0 Å². The lowest BCUT2D eigenvalue weighted by molar-refractivity contribution is -0.385. The molecule has 2 aliphatic heterocycles. The first-order valence-corrected chi connectivity index (χ1v) is 9.53. The number of nitrogens with zero attached hydrogens (tertiary/aromatic N) is 4. The van der Waals surface area contributed by atoms with E-state index in [1.807, 2.05) is 13.1 Å². The van der Waals surface area contributed by atoms with Gasteiger partial charge in [0.25, 0.3) is 11.4 Å². The van der Waals surface area contributed by atoms with E-state index in [1.54, 1.807) is 24.3 Å². The topological polar surface area (TPSA) is 140 Å². The number of nitro benzene ring substituents is 2. The Labute approximate surface area is 189 Å². The summed E-state index contributed by atoms with van der Waals surface area (Å²) in [5, 5.41) is 25.5. The Morgan fingerprint density at radius 1 is 1.09 bits per heavy atom. The quantitative estimate of drug-likeness (QED) is 0.531. The first kappa shape index (κ1) is 22.9. The maximum absolute atomic E-state index is 11.2. The smallest absolute Gasteiger partial charge is 0.270 e. The summed E-state index contributed by atoms with van der Waals surface area (Å²) in [4.78, 5) is 28.1. The third-order valence-electron chi connectivity index (χ3n) is 5.19. The number of benzene rings is 2. The zero-order chi connectivity index (χ0) is 22.1. The molecule has 0 aromatic heterocycles. The maximum Gasteiger partial charge on any atom is 0.270 e. The number of hydrogen-bond acceptors (Lipinski definition) is 8. The molecule has 0 amide bonds. The number of rotatable bonds is 4. The first-order chi connectivity index (χ1) is 14.8. The molecule has 10 nitrogen and oxygen atoms in total. The van der Waals surface area contributed by atoms with Crippen molar-refractivity contribution in [2.24, 2.45) is 10.7 Å². The minimum Gasteiger partial charge on any atom is -0.370 e. The predicted octanol–water partition coefficient (Wildman–Crippen LogP) is 3.17. The minimum atomic E-state index is -0.465. The molecule has 1 unspecified atom stereocenters. The monoisotopic (exact) mass is 456 g/mol. The number of nitro groups is 2. The first-order valence-electron chi connectivity index (χ1n) is 9.53. The van der Waals surface area contributed by atoms with Crippen LogP contribution in [-0.4, -0.2) is 40.8 Å². The lowest BCUT2D eigenvalue weighted by Crippen LogP contribution is -2.43. The van der Waals surface area contributed by atoms with Gasteiger partial charge in [0, 0.05) is 43.1 Å². The molecule has 0 saturated heterocycles. The molecule has 0 saturated carbocycles. The van der Waals surface area contributed by atoms with E-state index < -0.39 is 15.9 Å². The number of likely N-dealkylation sites (N-methyl/N-ethyl adjacent to an activating group) is 1. The Kier molecular flexibility index (Phi) is 6.56. The summed E-state index contributed by atoms with van der Waals surface area (Å²) in [6, 6.07) is 12.3. The summed E-state index contributed by atoms with van der Waals surface area (Å²) in [6.45, 7) is 1.20. The fraction of sp³-hybridized carbons (Fsp3) is 0.190. The molecular formula is C21H21ClN6O4. The van der Waals surface area contributed by atoms with Gasteiger partial charge in [-0.05, 0) is 35.4 Å². The van der Waals surface area contributed by atoms with Gasteiger partial charge in [0.1, 0.15) is 6.04 Å². The highest BCUT2D eigenvalue weighted by atomic mass is 35.5. The van der Waals surface area contributed by atoms with Crippen LogP contribution in [0.4, 0.5) is 11.4 Å².